The van der Waals surface area contributed by atoms with Gasteiger partial charge >= 0.3 is 0 Å². The minimum absolute atomic E-state index is 0.0626. The highest BCUT2D eigenvalue weighted by molar-refractivity contribution is 6.00. The molecule has 9 heteroatoms. The van der Waals surface area contributed by atoms with Crippen LogP contribution in [0.2, 0.25) is 0 Å². The first kappa shape index (κ1) is 20.1. The molecule has 0 spiro atoms. The maximum absolute atomic E-state index is 13.2. The number of carbonyl (C=O) groups is 2. The SMILES string of the molecule is COc1nccnc1OC1CCCN(C(=O)C2CC(=O)N(c3ccc(F)cc3)C2)C1. The lowest BCUT2D eigenvalue weighted by Crippen LogP contribution is -2.47. The number of aromatic nitrogens is 2. The smallest absolute Gasteiger partial charge is 0.278 e. The molecule has 0 N–H and O–H groups in total. The van der Waals surface area contributed by atoms with Gasteiger partial charge in [-0.3, -0.25) is 9.59 Å². The Kier molecular flexibility index (Phi) is 5.78. The topological polar surface area (TPSA) is 84.9 Å². The maximum atomic E-state index is 13.2. The molecule has 30 heavy (non-hydrogen) atoms. The predicted octanol–water partition coefficient (Wildman–Crippen LogP) is 2.05. The molecule has 2 aliphatic rings. The number of hydrogen-bond acceptors (Lipinski definition) is 6. The van der Waals surface area contributed by atoms with E-state index in [-0.39, 0.29) is 30.2 Å². The summed E-state index contributed by atoms with van der Waals surface area (Å²) < 4.78 is 24.3. The van der Waals surface area contributed by atoms with E-state index in [0.717, 1.165) is 12.8 Å². The molecule has 2 amide bonds. The molecule has 2 atom stereocenters. The molecule has 0 aliphatic carbocycles. The van der Waals surface area contributed by atoms with Crippen LogP contribution in [-0.4, -0.2) is 59.5 Å². The minimum Gasteiger partial charge on any atom is -0.477 e. The van der Waals surface area contributed by atoms with Gasteiger partial charge in [-0.1, -0.05) is 0 Å². The average molecular weight is 414 g/mol. The minimum atomic E-state index is -0.424. The largest absolute Gasteiger partial charge is 0.477 e. The number of methoxy groups -OCH3 is 1. The summed E-state index contributed by atoms with van der Waals surface area (Å²) in [5.74, 6) is -0.374. The van der Waals surface area contributed by atoms with Crippen LogP contribution in [-0.2, 0) is 9.59 Å². The zero-order valence-electron chi connectivity index (χ0n) is 16.7. The summed E-state index contributed by atoms with van der Waals surface area (Å²) in [6.07, 6.45) is 4.55. The number of anilines is 1. The van der Waals surface area contributed by atoms with Crippen molar-refractivity contribution in [3.63, 3.8) is 0 Å². The van der Waals surface area contributed by atoms with Crippen molar-refractivity contribution in [2.75, 3.05) is 31.6 Å². The first-order valence-electron chi connectivity index (χ1n) is 9.91. The molecule has 2 aromatic rings. The lowest BCUT2D eigenvalue weighted by atomic mass is 10.0. The van der Waals surface area contributed by atoms with Crippen LogP contribution in [0, 0.1) is 11.7 Å². The van der Waals surface area contributed by atoms with Crippen LogP contribution in [0.5, 0.6) is 11.8 Å². The molecule has 3 heterocycles. The molecule has 2 saturated heterocycles. The molecule has 2 aliphatic heterocycles. The van der Waals surface area contributed by atoms with Gasteiger partial charge in [0.25, 0.3) is 11.8 Å². The summed E-state index contributed by atoms with van der Waals surface area (Å²) in [7, 11) is 1.50. The summed E-state index contributed by atoms with van der Waals surface area (Å²) in [6, 6.07) is 5.73. The number of halogens is 1. The number of amides is 2. The Labute approximate surface area is 173 Å². The van der Waals surface area contributed by atoms with Crippen molar-refractivity contribution in [1.82, 2.24) is 14.9 Å². The van der Waals surface area contributed by atoms with Crippen LogP contribution in [0.4, 0.5) is 10.1 Å². The van der Waals surface area contributed by atoms with Gasteiger partial charge in [0.1, 0.15) is 11.9 Å². The van der Waals surface area contributed by atoms with Gasteiger partial charge in [0.05, 0.1) is 19.6 Å². The molecule has 4 rings (SSSR count). The Morgan fingerprint density at radius 1 is 1.13 bits per heavy atom. The highest BCUT2D eigenvalue weighted by Gasteiger charge is 2.38. The Morgan fingerprint density at radius 2 is 1.87 bits per heavy atom. The van der Waals surface area contributed by atoms with Crippen LogP contribution in [0.25, 0.3) is 0 Å². The molecule has 1 aromatic heterocycles. The van der Waals surface area contributed by atoms with Crippen LogP contribution in [0.3, 0.4) is 0 Å². The van der Waals surface area contributed by atoms with Gasteiger partial charge in [-0.2, -0.15) is 0 Å². The highest BCUT2D eigenvalue weighted by atomic mass is 19.1. The standard InChI is InChI=1S/C21H23FN4O4/c1-29-19-20(24-9-8-23-19)30-17-3-2-10-25(13-17)21(28)14-11-18(27)26(12-14)16-6-4-15(22)5-7-16/h4-9,14,17H,2-3,10-13H2,1H3. The van der Waals surface area contributed by atoms with Gasteiger partial charge in [0, 0.05) is 37.6 Å². The number of carbonyl (C=O) groups excluding carboxylic acids is 2. The van der Waals surface area contributed by atoms with Gasteiger partial charge < -0.3 is 19.3 Å². The molecule has 8 nitrogen and oxygen atoms in total. The number of benzene rings is 1. The Balaban J connectivity index is 1.39. The number of rotatable bonds is 5. The number of hydrogen-bond donors (Lipinski definition) is 0. The summed E-state index contributed by atoms with van der Waals surface area (Å²) >= 11 is 0. The fraction of sp³-hybridized carbons (Fsp3) is 0.429. The van der Waals surface area contributed by atoms with E-state index < -0.39 is 5.92 Å². The summed E-state index contributed by atoms with van der Waals surface area (Å²) in [4.78, 5) is 37.1. The first-order chi connectivity index (χ1) is 14.5. The van der Waals surface area contributed by atoms with Gasteiger partial charge in [-0.05, 0) is 37.1 Å². The fourth-order valence-electron chi connectivity index (χ4n) is 3.93. The Bertz CT molecular complexity index is 923. The molecule has 158 valence electrons. The molecule has 2 unspecified atom stereocenters. The normalized spacial score (nSPS) is 21.6. The Hall–Kier alpha value is -3.23. The lowest BCUT2D eigenvalue weighted by molar-refractivity contribution is -0.138. The predicted molar refractivity (Wildman–Crippen MR) is 106 cm³/mol. The third-order valence-electron chi connectivity index (χ3n) is 5.41. The second-order valence-corrected chi connectivity index (χ2v) is 7.42. The van der Waals surface area contributed by atoms with Gasteiger partial charge in [-0.25, -0.2) is 14.4 Å². The van der Waals surface area contributed by atoms with Crippen LogP contribution < -0.4 is 14.4 Å². The molecule has 1 aromatic carbocycles. The Morgan fingerprint density at radius 3 is 2.60 bits per heavy atom. The van der Waals surface area contributed by atoms with Crippen LogP contribution in [0.15, 0.2) is 36.7 Å². The number of nitrogens with zero attached hydrogens (tertiary/aromatic N) is 4. The van der Waals surface area contributed by atoms with Crippen molar-refractivity contribution in [2.24, 2.45) is 5.92 Å². The van der Waals surface area contributed by atoms with E-state index >= 15 is 0 Å². The average Bonchev–Trinajstić information content (AvgIpc) is 3.16. The van der Waals surface area contributed by atoms with E-state index in [1.165, 1.54) is 31.6 Å². The summed E-state index contributed by atoms with van der Waals surface area (Å²) in [5, 5.41) is 0. The molecular weight excluding hydrogens is 391 g/mol. The van der Waals surface area contributed by atoms with E-state index in [0.29, 0.717) is 37.1 Å². The lowest BCUT2D eigenvalue weighted by Gasteiger charge is -2.34. The zero-order chi connectivity index (χ0) is 21.1. The quantitative estimate of drug-likeness (QED) is 0.745. The van der Waals surface area contributed by atoms with Crippen molar-refractivity contribution in [3.8, 4) is 11.8 Å². The van der Waals surface area contributed by atoms with Gasteiger partial charge in [0.15, 0.2) is 0 Å². The second-order valence-electron chi connectivity index (χ2n) is 7.42. The fourth-order valence-corrected chi connectivity index (χ4v) is 3.93. The first-order valence-corrected chi connectivity index (χ1v) is 9.91. The summed E-state index contributed by atoms with van der Waals surface area (Å²) in [5.41, 5.74) is 0.603. The van der Waals surface area contributed by atoms with Crippen molar-refractivity contribution < 1.29 is 23.5 Å². The molecule has 0 radical (unpaired) electrons. The monoisotopic (exact) mass is 414 g/mol. The molecule has 0 saturated carbocycles. The second kappa shape index (κ2) is 8.64. The molecular formula is C21H23FN4O4. The van der Waals surface area contributed by atoms with Crippen molar-refractivity contribution in [2.45, 2.75) is 25.4 Å². The number of likely N-dealkylation sites (tertiary alicyclic amines) is 1. The van der Waals surface area contributed by atoms with Gasteiger partial charge in [-0.15, -0.1) is 0 Å². The number of piperidine rings is 1. The van der Waals surface area contributed by atoms with Crippen LogP contribution >= 0.6 is 0 Å². The van der Waals surface area contributed by atoms with Gasteiger partial charge in [0.2, 0.25) is 11.8 Å². The number of ether oxygens (including phenoxy) is 2. The third-order valence-corrected chi connectivity index (χ3v) is 5.41. The van der Waals surface area contributed by atoms with E-state index in [4.69, 9.17) is 9.47 Å². The highest BCUT2D eigenvalue weighted by Crippen LogP contribution is 2.28. The zero-order valence-corrected chi connectivity index (χ0v) is 16.7. The maximum Gasteiger partial charge on any atom is 0.278 e. The van der Waals surface area contributed by atoms with Crippen molar-refractivity contribution >= 4 is 17.5 Å². The van der Waals surface area contributed by atoms with E-state index in [9.17, 15) is 14.0 Å². The summed E-state index contributed by atoms with van der Waals surface area (Å²) in [6.45, 7) is 1.33. The van der Waals surface area contributed by atoms with Crippen LogP contribution in [0.1, 0.15) is 19.3 Å². The van der Waals surface area contributed by atoms with E-state index in [2.05, 4.69) is 9.97 Å². The van der Waals surface area contributed by atoms with E-state index in [1.54, 1.807) is 21.9 Å². The van der Waals surface area contributed by atoms with E-state index in [1.807, 2.05) is 0 Å². The van der Waals surface area contributed by atoms with Crippen molar-refractivity contribution in [1.29, 1.82) is 0 Å². The molecule has 0 bridgehead atoms. The van der Waals surface area contributed by atoms with Crippen molar-refractivity contribution in [3.05, 3.63) is 42.5 Å². The third kappa shape index (κ3) is 4.19. The molecule has 2 fully saturated rings.